The highest BCUT2D eigenvalue weighted by molar-refractivity contribution is 6.34. The molecule has 0 saturated carbocycles. The van der Waals surface area contributed by atoms with Crippen LogP contribution in [0.3, 0.4) is 0 Å². The number of aliphatic hydroxyl groups is 1. The summed E-state index contributed by atoms with van der Waals surface area (Å²) >= 11 is 6.05. The van der Waals surface area contributed by atoms with Crippen molar-refractivity contribution in [3.63, 3.8) is 0 Å². The van der Waals surface area contributed by atoms with Crippen molar-refractivity contribution in [2.45, 2.75) is 39.2 Å². The van der Waals surface area contributed by atoms with E-state index in [4.69, 9.17) is 16.3 Å². The molecule has 1 aromatic carbocycles. The van der Waals surface area contributed by atoms with Gasteiger partial charge >= 0.3 is 0 Å². The van der Waals surface area contributed by atoms with Gasteiger partial charge in [0.1, 0.15) is 5.75 Å². The van der Waals surface area contributed by atoms with E-state index in [1.54, 1.807) is 25.1 Å². The average Bonchev–Trinajstić information content (AvgIpc) is 2.42. The highest BCUT2D eigenvalue weighted by Crippen LogP contribution is 2.26. The van der Waals surface area contributed by atoms with Crippen molar-refractivity contribution in [2.24, 2.45) is 5.92 Å². The van der Waals surface area contributed by atoms with E-state index in [1.165, 1.54) is 7.11 Å². The van der Waals surface area contributed by atoms with Crippen molar-refractivity contribution in [3.8, 4) is 5.75 Å². The predicted molar refractivity (Wildman–Crippen MR) is 85.0 cm³/mol. The number of halogens is 1. The molecule has 118 valence electrons. The SMILES string of the molecule is COc1cccc(Cl)c1C(=O)NCC(C)(O)CCC(C)C. The van der Waals surface area contributed by atoms with Gasteiger partial charge in [-0.2, -0.15) is 0 Å². The van der Waals surface area contributed by atoms with Gasteiger partial charge < -0.3 is 15.2 Å². The van der Waals surface area contributed by atoms with Crippen LogP contribution in [0, 0.1) is 5.92 Å². The van der Waals surface area contributed by atoms with Crippen molar-refractivity contribution in [1.82, 2.24) is 5.32 Å². The Morgan fingerprint density at radius 2 is 2.14 bits per heavy atom. The van der Waals surface area contributed by atoms with Crippen molar-refractivity contribution in [2.75, 3.05) is 13.7 Å². The Morgan fingerprint density at radius 1 is 1.48 bits per heavy atom. The van der Waals surface area contributed by atoms with Crippen LogP contribution >= 0.6 is 11.6 Å². The second-order valence-electron chi connectivity index (χ2n) is 5.93. The topological polar surface area (TPSA) is 58.6 Å². The number of carbonyl (C=O) groups excluding carboxylic acids is 1. The monoisotopic (exact) mass is 313 g/mol. The van der Waals surface area contributed by atoms with Crippen LogP contribution in [0.4, 0.5) is 0 Å². The van der Waals surface area contributed by atoms with Crippen LogP contribution in [0.5, 0.6) is 5.75 Å². The third kappa shape index (κ3) is 5.56. The normalized spacial score (nSPS) is 13.9. The van der Waals surface area contributed by atoms with Gasteiger partial charge in [0.15, 0.2) is 0 Å². The van der Waals surface area contributed by atoms with Crippen molar-refractivity contribution in [1.29, 1.82) is 0 Å². The largest absolute Gasteiger partial charge is 0.496 e. The zero-order chi connectivity index (χ0) is 16.0. The number of methoxy groups -OCH3 is 1. The molecule has 0 spiro atoms. The fourth-order valence-electron chi connectivity index (χ4n) is 1.94. The molecule has 4 nitrogen and oxygen atoms in total. The predicted octanol–water partition coefficient (Wildman–Crippen LogP) is 3.27. The van der Waals surface area contributed by atoms with Gasteiger partial charge in [-0.05, 0) is 37.8 Å². The van der Waals surface area contributed by atoms with E-state index in [-0.39, 0.29) is 12.5 Å². The van der Waals surface area contributed by atoms with Crippen molar-refractivity contribution in [3.05, 3.63) is 28.8 Å². The maximum Gasteiger partial charge on any atom is 0.256 e. The summed E-state index contributed by atoms with van der Waals surface area (Å²) in [7, 11) is 1.49. The Labute approximate surface area is 131 Å². The Bertz CT molecular complexity index is 486. The van der Waals surface area contributed by atoms with Crippen LogP contribution in [0.1, 0.15) is 44.0 Å². The molecule has 1 atom stereocenters. The molecule has 0 aromatic heterocycles. The zero-order valence-corrected chi connectivity index (χ0v) is 13.8. The number of rotatable bonds is 7. The highest BCUT2D eigenvalue weighted by Gasteiger charge is 2.23. The fourth-order valence-corrected chi connectivity index (χ4v) is 2.19. The van der Waals surface area contributed by atoms with Crippen LogP contribution in [-0.2, 0) is 0 Å². The molecule has 1 aromatic rings. The molecule has 0 aliphatic rings. The van der Waals surface area contributed by atoms with E-state index in [9.17, 15) is 9.90 Å². The first kappa shape index (κ1) is 17.8. The smallest absolute Gasteiger partial charge is 0.256 e. The first-order chi connectivity index (χ1) is 9.76. The first-order valence-corrected chi connectivity index (χ1v) is 7.47. The number of hydrogen-bond acceptors (Lipinski definition) is 3. The first-order valence-electron chi connectivity index (χ1n) is 7.10. The molecule has 1 rings (SSSR count). The van der Waals surface area contributed by atoms with Gasteiger partial charge in [0.05, 0.1) is 23.3 Å². The molecule has 0 saturated heterocycles. The van der Waals surface area contributed by atoms with Crippen LogP contribution < -0.4 is 10.1 Å². The lowest BCUT2D eigenvalue weighted by Crippen LogP contribution is -2.41. The standard InChI is InChI=1S/C16H24ClNO3/c1-11(2)8-9-16(3,20)10-18-15(19)14-12(17)6-5-7-13(14)21-4/h5-7,11,20H,8-10H2,1-4H3,(H,18,19). The molecule has 0 aliphatic heterocycles. The molecule has 0 aliphatic carbocycles. The van der Waals surface area contributed by atoms with Gasteiger partial charge in [0.25, 0.3) is 5.91 Å². The molecule has 0 radical (unpaired) electrons. The second kappa shape index (κ2) is 7.66. The molecule has 0 fully saturated rings. The molecule has 5 heteroatoms. The summed E-state index contributed by atoms with van der Waals surface area (Å²) in [6.07, 6.45) is 1.53. The number of amides is 1. The third-order valence-corrected chi connectivity index (χ3v) is 3.63. The Kier molecular flexibility index (Phi) is 6.49. The van der Waals surface area contributed by atoms with E-state index in [0.29, 0.717) is 28.7 Å². The maximum atomic E-state index is 12.2. The number of carbonyl (C=O) groups is 1. The van der Waals surface area contributed by atoms with Crippen LogP contribution in [-0.4, -0.2) is 30.3 Å². The molecule has 0 heterocycles. The van der Waals surface area contributed by atoms with Crippen LogP contribution in [0.25, 0.3) is 0 Å². The summed E-state index contributed by atoms with van der Waals surface area (Å²) in [5.74, 6) is 0.583. The number of nitrogens with one attached hydrogen (secondary N) is 1. The number of benzene rings is 1. The molecular formula is C16H24ClNO3. The maximum absolute atomic E-state index is 12.2. The second-order valence-corrected chi connectivity index (χ2v) is 6.34. The van der Waals surface area contributed by atoms with E-state index in [1.807, 2.05) is 0 Å². The summed E-state index contributed by atoms with van der Waals surface area (Å²) in [5.41, 5.74) is -0.643. The van der Waals surface area contributed by atoms with E-state index in [2.05, 4.69) is 19.2 Å². The van der Waals surface area contributed by atoms with E-state index >= 15 is 0 Å². The van der Waals surface area contributed by atoms with Crippen LogP contribution in [0.15, 0.2) is 18.2 Å². The molecular weight excluding hydrogens is 290 g/mol. The summed E-state index contributed by atoms with van der Waals surface area (Å²) < 4.78 is 5.15. The summed E-state index contributed by atoms with van der Waals surface area (Å²) in [6.45, 7) is 6.10. The van der Waals surface area contributed by atoms with E-state index < -0.39 is 5.60 Å². The Balaban J connectivity index is 2.70. The minimum Gasteiger partial charge on any atom is -0.496 e. The summed E-state index contributed by atoms with van der Waals surface area (Å²) in [5, 5.41) is 13.3. The fraction of sp³-hybridized carbons (Fsp3) is 0.562. The van der Waals surface area contributed by atoms with Crippen LogP contribution in [0.2, 0.25) is 5.02 Å². The van der Waals surface area contributed by atoms with Gasteiger partial charge in [-0.1, -0.05) is 31.5 Å². The molecule has 0 bridgehead atoms. The molecule has 1 amide bonds. The molecule has 1 unspecified atom stereocenters. The Morgan fingerprint density at radius 3 is 2.71 bits per heavy atom. The Hall–Kier alpha value is -1.26. The van der Waals surface area contributed by atoms with Crippen molar-refractivity contribution >= 4 is 17.5 Å². The lowest BCUT2D eigenvalue weighted by atomic mass is 9.95. The lowest BCUT2D eigenvalue weighted by molar-refractivity contribution is 0.0429. The van der Waals surface area contributed by atoms with Gasteiger partial charge in [-0.3, -0.25) is 4.79 Å². The van der Waals surface area contributed by atoms with Gasteiger partial charge in [-0.15, -0.1) is 0 Å². The van der Waals surface area contributed by atoms with Gasteiger partial charge in [0, 0.05) is 6.54 Å². The highest BCUT2D eigenvalue weighted by atomic mass is 35.5. The van der Waals surface area contributed by atoms with Crippen molar-refractivity contribution < 1.29 is 14.6 Å². The zero-order valence-electron chi connectivity index (χ0n) is 13.1. The summed E-state index contributed by atoms with van der Waals surface area (Å²) in [4.78, 5) is 12.2. The molecule has 21 heavy (non-hydrogen) atoms. The van der Waals surface area contributed by atoms with Gasteiger partial charge in [-0.25, -0.2) is 0 Å². The third-order valence-electron chi connectivity index (χ3n) is 3.31. The quantitative estimate of drug-likeness (QED) is 0.812. The van der Waals surface area contributed by atoms with E-state index in [0.717, 1.165) is 6.42 Å². The average molecular weight is 314 g/mol. The number of hydrogen-bond donors (Lipinski definition) is 2. The molecule has 2 N–H and O–H groups in total. The number of ether oxygens (including phenoxy) is 1. The minimum absolute atomic E-state index is 0.174. The lowest BCUT2D eigenvalue weighted by Gasteiger charge is -2.24. The minimum atomic E-state index is -0.936. The summed E-state index contributed by atoms with van der Waals surface area (Å²) in [6, 6.07) is 5.03. The van der Waals surface area contributed by atoms with Gasteiger partial charge in [0.2, 0.25) is 0 Å².